The fourth-order valence-electron chi connectivity index (χ4n) is 7.49. The summed E-state index contributed by atoms with van der Waals surface area (Å²) in [5.41, 5.74) is 2.10. The molecule has 0 radical (unpaired) electrons. The predicted octanol–water partition coefficient (Wildman–Crippen LogP) is 9.09. The van der Waals surface area contributed by atoms with Crippen molar-refractivity contribution in [2.75, 3.05) is 34.7 Å². The van der Waals surface area contributed by atoms with E-state index in [1.54, 1.807) is 6.07 Å². The lowest BCUT2D eigenvalue weighted by Crippen LogP contribution is -2.36. The highest BCUT2D eigenvalue weighted by atomic mass is 35.5. The molecule has 0 bridgehead atoms. The molecule has 0 N–H and O–H groups in total. The molecule has 9 nitrogen and oxygen atoms in total. The number of halogens is 1. The zero-order valence-corrected chi connectivity index (χ0v) is 29.7. The van der Waals surface area contributed by atoms with Crippen LogP contribution in [0.5, 0.6) is 28.7 Å². The molecule has 0 spiro atoms. The van der Waals surface area contributed by atoms with Gasteiger partial charge in [-0.25, -0.2) is 0 Å². The molecule has 2 heterocycles. The third-order valence-electron chi connectivity index (χ3n) is 9.99. The number of cyclic esters (lactones) is 1. The molecule has 10 heteroatoms. The SMILES string of the molecule is CCCCCCCCCCCCCCCC(=O)O[C@@H]1c2cc3c(cc2[C@@H](c2cc(OC)c(OC)c(OC)c2Cl)[C@H]2C(=O)OC[C@@H]21)OCO3. The van der Waals surface area contributed by atoms with E-state index in [1.807, 2.05) is 12.1 Å². The Bertz CT molecular complexity index is 1410. The standard InChI is InChI=1S/C38H51ClO9/c1-5-6-7-8-9-10-11-12-13-14-15-16-17-18-31(40)48-35-25-20-29-28(46-23-47-29)19-24(25)32(33-27(35)22-45-38(33)41)26-21-30(42-2)36(43-3)37(44-4)34(26)39/h19-21,27,32-33,35H,5-18,22-23H2,1-4H3/t27-,32-,33-,35+/m0/s1. The molecule has 4 atom stereocenters. The van der Waals surface area contributed by atoms with Crippen molar-refractivity contribution in [2.45, 2.75) is 109 Å². The van der Waals surface area contributed by atoms with Crippen molar-refractivity contribution < 1.29 is 42.7 Å². The quantitative estimate of drug-likeness (QED) is 0.106. The molecule has 2 aliphatic heterocycles. The number of benzene rings is 2. The number of carbonyl (C=O) groups excluding carboxylic acids is 2. The van der Waals surface area contributed by atoms with E-state index in [0.717, 1.165) is 30.4 Å². The predicted molar refractivity (Wildman–Crippen MR) is 183 cm³/mol. The first-order chi connectivity index (χ1) is 23.4. The highest BCUT2D eigenvalue weighted by molar-refractivity contribution is 6.33. The topological polar surface area (TPSA) is 98.8 Å². The Labute approximate surface area is 289 Å². The van der Waals surface area contributed by atoms with Gasteiger partial charge in [-0.05, 0) is 35.7 Å². The molecule has 0 unspecified atom stereocenters. The number of ether oxygens (including phenoxy) is 7. The molecule has 5 rings (SSSR count). The molecular weight excluding hydrogens is 636 g/mol. The Morgan fingerprint density at radius 3 is 1.92 bits per heavy atom. The summed E-state index contributed by atoms with van der Waals surface area (Å²) >= 11 is 6.99. The smallest absolute Gasteiger partial charge is 0.310 e. The zero-order valence-electron chi connectivity index (χ0n) is 28.9. The fraction of sp³-hybridized carbons (Fsp3) is 0.632. The maximum absolute atomic E-state index is 13.5. The van der Waals surface area contributed by atoms with Crippen LogP contribution in [0, 0.1) is 11.8 Å². The van der Waals surface area contributed by atoms with Gasteiger partial charge in [-0.15, -0.1) is 0 Å². The van der Waals surface area contributed by atoms with Gasteiger partial charge in [0.25, 0.3) is 0 Å². The minimum absolute atomic E-state index is 0.0756. The lowest BCUT2D eigenvalue weighted by molar-refractivity contribution is -0.154. The van der Waals surface area contributed by atoms with Crippen molar-refractivity contribution in [2.24, 2.45) is 11.8 Å². The molecule has 1 fully saturated rings. The van der Waals surface area contributed by atoms with E-state index in [9.17, 15) is 9.59 Å². The number of carbonyl (C=O) groups is 2. The second kappa shape index (κ2) is 17.4. The van der Waals surface area contributed by atoms with Crippen LogP contribution in [0.3, 0.4) is 0 Å². The van der Waals surface area contributed by atoms with E-state index in [1.165, 1.54) is 85.5 Å². The van der Waals surface area contributed by atoms with Gasteiger partial charge in [0.1, 0.15) is 6.10 Å². The second-order valence-electron chi connectivity index (χ2n) is 13.1. The average molecular weight is 687 g/mol. The summed E-state index contributed by atoms with van der Waals surface area (Å²) < 4.78 is 40.2. The summed E-state index contributed by atoms with van der Waals surface area (Å²) in [6, 6.07) is 5.49. The summed E-state index contributed by atoms with van der Waals surface area (Å²) in [6.45, 7) is 2.45. The van der Waals surface area contributed by atoms with Gasteiger partial charge in [0.2, 0.25) is 12.5 Å². The van der Waals surface area contributed by atoms with Crippen molar-refractivity contribution >= 4 is 23.5 Å². The monoisotopic (exact) mass is 686 g/mol. The van der Waals surface area contributed by atoms with Gasteiger partial charge in [0, 0.05) is 23.8 Å². The van der Waals surface area contributed by atoms with Crippen LogP contribution >= 0.6 is 11.6 Å². The first-order valence-corrected chi connectivity index (χ1v) is 18.1. The molecule has 1 aliphatic carbocycles. The van der Waals surface area contributed by atoms with Crippen LogP contribution in [-0.2, 0) is 19.1 Å². The second-order valence-corrected chi connectivity index (χ2v) is 13.5. The summed E-state index contributed by atoms with van der Waals surface area (Å²) in [6.07, 6.45) is 15.7. The molecule has 264 valence electrons. The van der Waals surface area contributed by atoms with Crippen molar-refractivity contribution in [3.8, 4) is 28.7 Å². The van der Waals surface area contributed by atoms with Crippen LogP contribution in [0.1, 0.15) is 126 Å². The Hall–Kier alpha value is -3.33. The molecule has 48 heavy (non-hydrogen) atoms. The maximum Gasteiger partial charge on any atom is 0.310 e. The molecule has 0 aromatic heterocycles. The van der Waals surface area contributed by atoms with E-state index >= 15 is 0 Å². The number of hydrogen-bond donors (Lipinski definition) is 0. The lowest BCUT2D eigenvalue weighted by atomic mass is 9.66. The van der Waals surface area contributed by atoms with E-state index in [2.05, 4.69) is 6.92 Å². The highest BCUT2D eigenvalue weighted by Gasteiger charge is 2.54. The van der Waals surface area contributed by atoms with Crippen LogP contribution in [0.25, 0.3) is 0 Å². The van der Waals surface area contributed by atoms with Gasteiger partial charge >= 0.3 is 11.9 Å². The normalized spacial score (nSPS) is 20.6. The Morgan fingerprint density at radius 1 is 0.750 bits per heavy atom. The molecule has 0 saturated carbocycles. The first kappa shape index (κ1) is 36.0. The van der Waals surface area contributed by atoms with Crippen molar-refractivity contribution in [3.05, 3.63) is 39.9 Å². The number of rotatable bonds is 19. The van der Waals surface area contributed by atoms with Gasteiger partial charge in [-0.2, -0.15) is 0 Å². The first-order valence-electron chi connectivity index (χ1n) is 17.7. The Balaban J connectivity index is 1.27. The molecule has 1 saturated heterocycles. The van der Waals surface area contributed by atoms with E-state index < -0.39 is 23.9 Å². The summed E-state index contributed by atoms with van der Waals surface area (Å²) in [4.78, 5) is 26.8. The van der Waals surface area contributed by atoms with Crippen molar-refractivity contribution in [1.29, 1.82) is 0 Å². The minimum Gasteiger partial charge on any atom is -0.493 e. The molecule has 2 aromatic carbocycles. The van der Waals surface area contributed by atoms with E-state index in [0.29, 0.717) is 45.8 Å². The highest BCUT2D eigenvalue weighted by Crippen LogP contribution is 2.58. The number of esters is 2. The van der Waals surface area contributed by atoms with E-state index in [-0.39, 0.29) is 25.3 Å². The molecule has 2 aromatic rings. The third kappa shape index (κ3) is 7.93. The largest absolute Gasteiger partial charge is 0.493 e. The van der Waals surface area contributed by atoms with E-state index in [4.69, 9.17) is 44.8 Å². The van der Waals surface area contributed by atoms with Crippen LogP contribution in [0.4, 0.5) is 0 Å². The fourth-order valence-corrected chi connectivity index (χ4v) is 7.83. The van der Waals surface area contributed by atoms with Crippen molar-refractivity contribution in [3.63, 3.8) is 0 Å². The maximum atomic E-state index is 13.5. The van der Waals surface area contributed by atoms with Crippen LogP contribution in [0.2, 0.25) is 5.02 Å². The van der Waals surface area contributed by atoms with Gasteiger partial charge < -0.3 is 33.2 Å². The number of unbranched alkanes of at least 4 members (excludes halogenated alkanes) is 12. The van der Waals surface area contributed by atoms with Crippen LogP contribution in [-0.4, -0.2) is 46.7 Å². The molecular formula is C38H51ClO9. The minimum atomic E-state index is -0.697. The third-order valence-corrected chi connectivity index (χ3v) is 10.4. The van der Waals surface area contributed by atoms with Crippen LogP contribution < -0.4 is 23.7 Å². The number of methoxy groups -OCH3 is 3. The van der Waals surface area contributed by atoms with Gasteiger partial charge in [0.05, 0.1) is 38.9 Å². The Morgan fingerprint density at radius 2 is 1.33 bits per heavy atom. The summed E-state index contributed by atoms with van der Waals surface area (Å²) in [5, 5.41) is 0.292. The summed E-state index contributed by atoms with van der Waals surface area (Å²) in [7, 11) is 4.54. The van der Waals surface area contributed by atoms with Gasteiger partial charge in [-0.3, -0.25) is 9.59 Å². The zero-order chi connectivity index (χ0) is 34.0. The van der Waals surface area contributed by atoms with Gasteiger partial charge in [0.15, 0.2) is 23.0 Å². The average Bonchev–Trinajstić information content (AvgIpc) is 3.72. The lowest BCUT2D eigenvalue weighted by Gasteiger charge is -2.39. The summed E-state index contributed by atoms with van der Waals surface area (Å²) in [5.74, 6) is -0.171. The number of fused-ring (bicyclic) bond motifs is 3. The number of hydrogen-bond acceptors (Lipinski definition) is 9. The molecule has 3 aliphatic rings. The Kier molecular flexibility index (Phi) is 13.0. The van der Waals surface area contributed by atoms with Crippen molar-refractivity contribution in [1.82, 2.24) is 0 Å². The van der Waals surface area contributed by atoms with Crippen LogP contribution in [0.15, 0.2) is 18.2 Å². The van der Waals surface area contributed by atoms with Gasteiger partial charge in [-0.1, -0.05) is 95.6 Å². The molecule has 0 amide bonds.